The summed E-state index contributed by atoms with van der Waals surface area (Å²) in [5.41, 5.74) is 0.892. The molecule has 1 atom stereocenters. The maximum atomic E-state index is 12.7. The summed E-state index contributed by atoms with van der Waals surface area (Å²) in [6.07, 6.45) is 0.877. The number of pyridine rings is 1. The lowest BCUT2D eigenvalue weighted by atomic mass is 10.1. The zero-order valence-electron chi connectivity index (χ0n) is 13.6. The minimum atomic E-state index is -0.105. The highest BCUT2D eigenvalue weighted by atomic mass is 32.1. The Morgan fingerprint density at radius 3 is 2.70 bits per heavy atom. The van der Waals surface area contributed by atoms with Crippen LogP contribution in [-0.4, -0.2) is 16.5 Å². The number of hydrogen-bond acceptors (Lipinski definition) is 3. The molecule has 5 heteroatoms. The molecule has 3 aromatic rings. The topological polar surface area (TPSA) is 51.1 Å². The van der Waals surface area contributed by atoms with E-state index in [1.807, 2.05) is 45.0 Å². The molecule has 0 bridgehead atoms. The van der Waals surface area contributed by atoms with Crippen LogP contribution in [-0.2, 0) is 6.54 Å². The van der Waals surface area contributed by atoms with Gasteiger partial charge in [0.1, 0.15) is 0 Å². The van der Waals surface area contributed by atoms with Crippen LogP contribution in [0.15, 0.2) is 35.1 Å². The lowest BCUT2D eigenvalue weighted by Gasteiger charge is -2.09. The number of rotatable bonds is 4. The third-order valence-corrected chi connectivity index (χ3v) is 5.34. The zero-order valence-corrected chi connectivity index (χ0v) is 14.4. The fourth-order valence-electron chi connectivity index (χ4n) is 2.73. The van der Waals surface area contributed by atoms with Crippen LogP contribution in [0.5, 0.6) is 0 Å². The Morgan fingerprint density at radius 1 is 1.26 bits per heavy atom. The van der Waals surface area contributed by atoms with E-state index in [9.17, 15) is 9.59 Å². The number of aryl methyl sites for hydroxylation is 1. The number of carbonyl (C=O) groups excluding carboxylic acids is 1. The maximum Gasteiger partial charge on any atom is 0.261 e. The highest BCUT2D eigenvalue weighted by Gasteiger charge is 2.17. The van der Waals surface area contributed by atoms with Crippen LogP contribution in [0, 0.1) is 0 Å². The second kappa shape index (κ2) is 6.16. The van der Waals surface area contributed by atoms with Crippen molar-refractivity contribution < 1.29 is 4.79 Å². The molecule has 0 unspecified atom stereocenters. The van der Waals surface area contributed by atoms with Gasteiger partial charge in [0.15, 0.2) is 0 Å². The number of carbonyl (C=O) groups is 1. The number of hydrogen-bond donors (Lipinski definition) is 1. The third kappa shape index (κ3) is 2.65. The summed E-state index contributed by atoms with van der Waals surface area (Å²) in [5, 5.41) is 4.62. The first-order chi connectivity index (χ1) is 11.1. The number of benzene rings is 1. The molecular formula is C18H20N2O2S. The average molecular weight is 328 g/mol. The Bertz CT molecular complexity index is 939. The van der Waals surface area contributed by atoms with Gasteiger partial charge in [-0.25, -0.2) is 0 Å². The van der Waals surface area contributed by atoms with Crippen LogP contribution in [0.4, 0.5) is 0 Å². The molecule has 23 heavy (non-hydrogen) atoms. The first-order valence-corrected chi connectivity index (χ1v) is 8.74. The highest BCUT2D eigenvalue weighted by molar-refractivity contribution is 7.21. The van der Waals surface area contributed by atoms with Crippen molar-refractivity contribution in [3.63, 3.8) is 0 Å². The van der Waals surface area contributed by atoms with Crippen LogP contribution < -0.4 is 10.9 Å². The van der Waals surface area contributed by atoms with Crippen LogP contribution in [0.2, 0.25) is 0 Å². The van der Waals surface area contributed by atoms with Gasteiger partial charge in [0.2, 0.25) is 0 Å². The largest absolute Gasteiger partial charge is 0.349 e. The molecule has 0 spiro atoms. The van der Waals surface area contributed by atoms with E-state index in [1.165, 1.54) is 11.3 Å². The predicted octanol–water partition coefficient (Wildman–Crippen LogP) is 3.76. The summed E-state index contributed by atoms with van der Waals surface area (Å²) >= 11 is 1.40. The molecule has 0 fully saturated rings. The van der Waals surface area contributed by atoms with Gasteiger partial charge < -0.3 is 9.88 Å². The van der Waals surface area contributed by atoms with Crippen molar-refractivity contribution in [1.82, 2.24) is 9.88 Å². The van der Waals surface area contributed by atoms with Gasteiger partial charge in [0.25, 0.3) is 11.5 Å². The fourth-order valence-corrected chi connectivity index (χ4v) is 3.82. The minimum absolute atomic E-state index is 0.0277. The van der Waals surface area contributed by atoms with Crippen molar-refractivity contribution in [3.8, 4) is 0 Å². The van der Waals surface area contributed by atoms with Crippen LogP contribution >= 0.6 is 11.3 Å². The van der Waals surface area contributed by atoms with Gasteiger partial charge >= 0.3 is 0 Å². The molecule has 120 valence electrons. The molecule has 2 aromatic heterocycles. The van der Waals surface area contributed by atoms with Gasteiger partial charge in [-0.1, -0.05) is 25.1 Å². The monoisotopic (exact) mass is 328 g/mol. The quantitative estimate of drug-likeness (QED) is 0.793. The van der Waals surface area contributed by atoms with Crippen LogP contribution in [0.25, 0.3) is 21.0 Å². The molecule has 0 aliphatic rings. The van der Waals surface area contributed by atoms with Crippen molar-refractivity contribution in [2.75, 3.05) is 0 Å². The molecular weight excluding hydrogens is 308 g/mol. The van der Waals surface area contributed by atoms with Gasteiger partial charge in [-0.3, -0.25) is 9.59 Å². The number of nitrogens with one attached hydrogen (secondary N) is 1. The van der Waals surface area contributed by atoms with Gasteiger partial charge in [0, 0.05) is 22.7 Å². The molecule has 1 aromatic carbocycles. The van der Waals surface area contributed by atoms with Gasteiger partial charge in [-0.15, -0.1) is 11.3 Å². The minimum Gasteiger partial charge on any atom is -0.349 e. The summed E-state index contributed by atoms with van der Waals surface area (Å²) < 4.78 is 2.66. The van der Waals surface area contributed by atoms with E-state index >= 15 is 0 Å². The van der Waals surface area contributed by atoms with Gasteiger partial charge in [-0.05, 0) is 32.4 Å². The SMILES string of the molecule is CC[C@@H](C)NC(=O)c1cc2c(=O)n(CC)c3ccccc3c2s1. The Labute approximate surface area is 138 Å². The molecule has 0 saturated carbocycles. The highest BCUT2D eigenvalue weighted by Crippen LogP contribution is 2.30. The third-order valence-electron chi connectivity index (χ3n) is 4.18. The van der Waals surface area contributed by atoms with Crippen LogP contribution in [0.3, 0.4) is 0 Å². The number of fused-ring (bicyclic) bond motifs is 3. The number of thiophene rings is 1. The molecule has 0 saturated heterocycles. The number of aromatic nitrogens is 1. The van der Waals surface area contributed by atoms with E-state index in [0.29, 0.717) is 16.8 Å². The van der Waals surface area contributed by atoms with Crippen molar-refractivity contribution >= 4 is 38.2 Å². The normalized spacial score (nSPS) is 12.7. The van der Waals surface area contributed by atoms with Crippen LogP contribution in [0.1, 0.15) is 36.9 Å². The molecule has 1 amide bonds. The summed E-state index contributed by atoms with van der Waals surface area (Å²) in [5.74, 6) is -0.105. The second-order valence-electron chi connectivity index (χ2n) is 5.70. The second-order valence-corrected chi connectivity index (χ2v) is 6.75. The first-order valence-electron chi connectivity index (χ1n) is 7.92. The molecule has 2 heterocycles. The Hall–Kier alpha value is -2.14. The lowest BCUT2D eigenvalue weighted by molar-refractivity contribution is 0.0943. The molecule has 0 aliphatic heterocycles. The number of para-hydroxylation sites is 1. The van der Waals surface area contributed by atoms with E-state index < -0.39 is 0 Å². The van der Waals surface area contributed by atoms with Gasteiger partial charge in [0.05, 0.1) is 15.8 Å². The van der Waals surface area contributed by atoms with Gasteiger partial charge in [-0.2, -0.15) is 0 Å². The van der Waals surface area contributed by atoms with E-state index in [-0.39, 0.29) is 17.5 Å². The van der Waals surface area contributed by atoms with Crippen molar-refractivity contribution in [3.05, 3.63) is 45.6 Å². The fraction of sp³-hybridized carbons (Fsp3) is 0.333. The molecule has 3 rings (SSSR count). The van der Waals surface area contributed by atoms with E-state index in [2.05, 4.69) is 5.32 Å². The number of nitrogens with zero attached hydrogens (tertiary/aromatic N) is 1. The van der Waals surface area contributed by atoms with E-state index in [4.69, 9.17) is 0 Å². The van der Waals surface area contributed by atoms with E-state index in [1.54, 1.807) is 10.6 Å². The lowest BCUT2D eigenvalue weighted by Crippen LogP contribution is -2.31. The average Bonchev–Trinajstić information content (AvgIpc) is 3.01. The Kier molecular flexibility index (Phi) is 4.22. The van der Waals surface area contributed by atoms with Crippen molar-refractivity contribution in [2.24, 2.45) is 0 Å². The Morgan fingerprint density at radius 2 is 2.00 bits per heavy atom. The number of amides is 1. The maximum absolute atomic E-state index is 12.7. The standard InChI is InChI=1S/C18H20N2O2S/c1-4-11(3)19-17(21)15-10-13-16(23-15)12-8-6-7-9-14(12)20(5-2)18(13)22/h6-11H,4-5H2,1-3H3,(H,19,21)/t11-/m1/s1. The van der Waals surface area contributed by atoms with Crippen molar-refractivity contribution in [2.45, 2.75) is 39.8 Å². The summed E-state index contributed by atoms with van der Waals surface area (Å²) in [4.78, 5) is 25.7. The molecule has 0 radical (unpaired) electrons. The van der Waals surface area contributed by atoms with E-state index in [0.717, 1.165) is 22.0 Å². The summed E-state index contributed by atoms with van der Waals surface area (Å²) in [6, 6.07) is 9.72. The zero-order chi connectivity index (χ0) is 16.6. The molecule has 1 N–H and O–H groups in total. The summed E-state index contributed by atoms with van der Waals surface area (Å²) in [6.45, 7) is 6.58. The molecule has 4 nitrogen and oxygen atoms in total. The predicted molar refractivity (Wildman–Crippen MR) is 96.5 cm³/mol. The molecule has 0 aliphatic carbocycles. The first kappa shape index (κ1) is 15.7. The van der Waals surface area contributed by atoms with Crippen molar-refractivity contribution in [1.29, 1.82) is 0 Å². The summed E-state index contributed by atoms with van der Waals surface area (Å²) in [7, 11) is 0. The smallest absolute Gasteiger partial charge is 0.261 e. The Balaban J connectivity index is 2.23.